The maximum atomic E-state index is 13.0. The van der Waals surface area contributed by atoms with Crippen LogP contribution >= 0.6 is 11.6 Å². The van der Waals surface area contributed by atoms with Crippen LogP contribution < -0.4 is 5.32 Å². The first kappa shape index (κ1) is 17.4. The van der Waals surface area contributed by atoms with Gasteiger partial charge in [-0.1, -0.05) is 41.9 Å². The van der Waals surface area contributed by atoms with Crippen LogP contribution in [-0.4, -0.2) is 32.4 Å². The van der Waals surface area contributed by atoms with Crippen LogP contribution in [0.3, 0.4) is 0 Å². The van der Waals surface area contributed by atoms with Crippen molar-refractivity contribution in [3.05, 3.63) is 70.5 Å². The number of piperazine rings is 1. The van der Waals surface area contributed by atoms with Gasteiger partial charge < -0.3 is 5.32 Å². The molecule has 1 fully saturated rings. The van der Waals surface area contributed by atoms with E-state index in [9.17, 15) is 12.8 Å². The molecule has 0 bridgehead atoms. The van der Waals surface area contributed by atoms with Crippen molar-refractivity contribution in [2.45, 2.75) is 11.8 Å². The lowest BCUT2D eigenvalue weighted by atomic mass is 10.1. The Labute approximate surface area is 146 Å². The van der Waals surface area contributed by atoms with Crippen molar-refractivity contribution in [2.24, 2.45) is 0 Å². The van der Waals surface area contributed by atoms with Gasteiger partial charge in [-0.05, 0) is 29.3 Å². The van der Waals surface area contributed by atoms with Crippen molar-refractivity contribution in [1.29, 1.82) is 0 Å². The zero-order chi connectivity index (χ0) is 17.2. The van der Waals surface area contributed by atoms with Crippen LogP contribution in [0, 0.1) is 5.82 Å². The number of benzene rings is 2. The summed E-state index contributed by atoms with van der Waals surface area (Å²) in [5.74, 6) is -0.541. The van der Waals surface area contributed by atoms with E-state index in [2.05, 4.69) is 5.32 Å². The number of hydrogen-bond donors (Lipinski definition) is 1. The van der Waals surface area contributed by atoms with E-state index in [1.54, 1.807) is 6.07 Å². The molecule has 1 aliphatic heterocycles. The zero-order valence-corrected chi connectivity index (χ0v) is 14.5. The monoisotopic (exact) mass is 368 g/mol. The molecule has 4 nitrogen and oxygen atoms in total. The first-order valence-electron chi connectivity index (χ1n) is 7.66. The number of sulfonamides is 1. The van der Waals surface area contributed by atoms with Gasteiger partial charge in [-0.25, -0.2) is 12.8 Å². The van der Waals surface area contributed by atoms with Crippen LogP contribution in [0.5, 0.6) is 0 Å². The van der Waals surface area contributed by atoms with Crippen LogP contribution in [-0.2, 0) is 15.8 Å². The fourth-order valence-corrected chi connectivity index (χ4v) is 4.89. The van der Waals surface area contributed by atoms with Gasteiger partial charge in [0.05, 0.1) is 11.8 Å². The summed E-state index contributed by atoms with van der Waals surface area (Å²) in [5, 5.41) is 3.77. The highest BCUT2D eigenvalue weighted by Gasteiger charge is 2.34. The van der Waals surface area contributed by atoms with Gasteiger partial charge in [-0.3, -0.25) is 0 Å². The Kier molecular flexibility index (Phi) is 5.20. The number of nitrogens with zero attached hydrogens (tertiary/aromatic N) is 1. The first-order valence-corrected chi connectivity index (χ1v) is 9.65. The molecule has 1 saturated heterocycles. The normalized spacial score (nSPS) is 19.3. The lowest BCUT2D eigenvalue weighted by molar-refractivity contribution is 0.271. The molecular formula is C17H18ClFN2O2S. The second-order valence-electron chi connectivity index (χ2n) is 5.73. The van der Waals surface area contributed by atoms with Gasteiger partial charge in [-0.2, -0.15) is 4.31 Å². The second kappa shape index (κ2) is 7.19. The van der Waals surface area contributed by atoms with E-state index < -0.39 is 10.0 Å². The molecule has 7 heteroatoms. The zero-order valence-electron chi connectivity index (χ0n) is 13.0. The van der Waals surface area contributed by atoms with Crippen molar-refractivity contribution >= 4 is 21.6 Å². The number of halogens is 2. The summed E-state index contributed by atoms with van der Waals surface area (Å²) in [4.78, 5) is 0. The molecule has 24 heavy (non-hydrogen) atoms. The Morgan fingerprint density at radius 2 is 1.88 bits per heavy atom. The van der Waals surface area contributed by atoms with Crippen LogP contribution in [0.2, 0.25) is 5.02 Å². The van der Waals surface area contributed by atoms with Gasteiger partial charge in [-0.15, -0.1) is 0 Å². The number of rotatable bonds is 4. The van der Waals surface area contributed by atoms with E-state index in [0.29, 0.717) is 30.2 Å². The highest BCUT2D eigenvalue weighted by molar-refractivity contribution is 7.88. The van der Waals surface area contributed by atoms with E-state index in [0.717, 1.165) is 5.56 Å². The third kappa shape index (κ3) is 3.78. The molecule has 0 saturated carbocycles. The predicted octanol–water partition coefficient (Wildman–Crippen LogP) is 2.96. The molecule has 1 aliphatic rings. The maximum Gasteiger partial charge on any atom is 0.218 e. The van der Waals surface area contributed by atoms with Crippen molar-refractivity contribution < 1.29 is 12.8 Å². The molecule has 0 aliphatic carbocycles. The van der Waals surface area contributed by atoms with Crippen molar-refractivity contribution in [1.82, 2.24) is 9.62 Å². The SMILES string of the molecule is O=S(=O)(Cc1ccc(F)cc1)N1CCNCC1c1ccccc1Cl. The number of nitrogens with one attached hydrogen (secondary N) is 1. The van der Waals surface area contributed by atoms with Gasteiger partial charge in [0, 0.05) is 24.7 Å². The van der Waals surface area contributed by atoms with Crippen molar-refractivity contribution in [3.8, 4) is 0 Å². The molecule has 0 aromatic heterocycles. The molecule has 1 heterocycles. The van der Waals surface area contributed by atoms with E-state index in [-0.39, 0.29) is 17.6 Å². The minimum absolute atomic E-state index is 0.158. The quantitative estimate of drug-likeness (QED) is 0.902. The van der Waals surface area contributed by atoms with E-state index >= 15 is 0 Å². The van der Waals surface area contributed by atoms with E-state index in [1.165, 1.54) is 28.6 Å². The third-order valence-corrected chi connectivity index (χ3v) is 6.27. The predicted molar refractivity (Wildman–Crippen MR) is 92.8 cm³/mol. The maximum absolute atomic E-state index is 13.0. The highest BCUT2D eigenvalue weighted by Crippen LogP contribution is 2.31. The van der Waals surface area contributed by atoms with Crippen LogP contribution in [0.25, 0.3) is 0 Å². The van der Waals surface area contributed by atoms with Crippen molar-refractivity contribution in [3.63, 3.8) is 0 Å². The molecule has 0 amide bonds. The van der Waals surface area contributed by atoms with Gasteiger partial charge >= 0.3 is 0 Å². The summed E-state index contributed by atoms with van der Waals surface area (Å²) >= 11 is 6.26. The minimum Gasteiger partial charge on any atom is -0.313 e. The average molecular weight is 369 g/mol. The van der Waals surface area contributed by atoms with Crippen LogP contribution in [0.1, 0.15) is 17.2 Å². The molecule has 1 atom stereocenters. The lowest BCUT2D eigenvalue weighted by Crippen LogP contribution is -2.49. The summed E-state index contributed by atoms with van der Waals surface area (Å²) in [6, 6.07) is 12.5. The molecule has 0 spiro atoms. The minimum atomic E-state index is -3.55. The molecule has 2 aromatic rings. The standard InChI is InChI=1S/C17H18ClFN2O2S/c18-16-4-2-1-3-15(16)17-11-20-9-10-21(17)24(22,23)12-13-5-7-14(19)8-6-13/h1-8,17,20H,9-12H2. The molecule has 1 N–H and O–H groups in total. The van der Waals surface area contributed by atoms with Crippen LogP contribution in [0.15, 0.2) is 48.5 Å². The van der Waals surface area contributed by atoms with Gasteiger partial charge in [0.2, 0.25) is 10.0 Å². The number of hydrogen-bond acceptors (Lipinski definition) is 3. The third-order valence-electron chi connectivity index (χ3n) is 4.08. The molecule has 1 unspecified atom stereocenters. The molecule has 128 valence electrons. The Morgan fingerprint density at radius 1 is 1.17 bits per heavy atom. The fourth-order valence-electron chi connectivity index (χ4n) is 2.90. The topological polar surface area (TPSA) is 49.4 Å². The van der Waals surface area contributed by atoms with Gasteiger partial charge in [0.25, 0.3) is 0 Å². The fraction of sp³-hybridized carbons (Fsp3) is 0.294. The molecule has 0 radical (unpaired) electrons. The Bertz CT molecular complexity index is 812. The van der Waals surface area contributed by atoms with Gasteiger partial charge in [0.15, 0.2) is 0 Å². The Morgan fingerprint density at radius 3 is 2.58 bits per heavy atom. The highest BCUT2D eigenvalue weighted by atomic mass is 35.5. The Hall–Kier alpha value is -1.47. The largest absolute Gasteiger partial charge is 0.313 e. The summed E-state index contributed by atoms with van der Waals surface area (Å²) in [5.41, 5.74) is 1.35. The first-order chi connectivity index (χ1) is 11.5. The van der Waals surface area contributed by atoms with Crippen molar-refractivity contribution in [2.75, 3.05) is 19.6 Å². The summed E-state index contributed by atoms with van der Waals surface area (Å²) < 4.78 is 40.3. The van der Waals surface area contributed by atoms with Gasteiger partial charge in [0.1, 0.15) is 5.82 Å². The van der Waals surface area contributed by atoms with Crippen LogP contribution in [0.4, 0.5) is 4.39 Å². The smallest absolute Gasteiger partial charge is 0.218 e. The average Bonchev–Trinajstić information content (AvgIpc) is 2.57. The van der Waals surface area contributed by atoms with E-state index in [1.807, 2.05) is 18.2 Å². The molecular weight excluding hydrogens is 351 g/mol. The molecule has 3 rings (SSSR count). The van der Waals surface area contributed by atoms with E-state index in [4.69, 9.17) is 11.6 Å². The molecule has 2 aromatic carbocycles. The Balaban J connectivity index is 1.89. The second-order valence-corrected chi connectivity index (χ2v) is 8.06. The summed E-state index contributed by atoms with van der Waals surface area (Å²) in [7, 11) is -3.55. The lowest BCUT2D eigenvalue weighted by Gasteiger charge is -2.36. The summed E-state index contributed by atoms with van der Waals surface area (Å²) in [6.45, 7) is 1.47. The summed E-state index contributed by atoms with van der Waals surface area (Å²) in [6.07, 6.45) is 0.